The zero-order valence-electron chi connectivity index (χ0n) is 11.6. The summed E-state index contributed by atoms with van der Waals surface area (Å²) in [4.78, 5) is 17.9. The highest BCUT2D eigenvalue weighted by Crippen LogP contribution is 2.27. The number of nitrogen functional groups attached to an aromatic ring is 1. The molecule has 1 aliphatic rings. The Hall–Kier alpha value is -1.58. The Labute approximate surface area is 115 Å². The van der Waals surface area contributed by atoms with E-state index >= 15 is 0 Å². The number of hydrogen-bond donors (Lipinski definition) is 1. The van der Waals surface area contributed by atoms with E-state index in [0.29, 0.717) is 17.9 Å². The van der Waals surface area contributed by atoms with Crippen LogP contribution in [0, 0.1) is 5.92 Å². The molecule has 4 heteroatoms. The second-order valence-corrected chi connectivity index (χ2v) is 5.45. The second-order valence-electron chi connectivity index (χ2n) is 5.45. The lowest BCUT2D eigenvalue weighted by atomic mass is 9.86. The Morgan fingerprint density at radius 3 is 2.74 bits per heavy atom. The number of carbonyl (C=O) groups is 1. The highest BCUT2D eigenvalue weighted by molar-refractivity contribution is 5.91. The van der Waals surface area contributed by atoms with Gasteiger partial charge in [0.05, 0.1) is 11.9 Å². The van der Waals surface area contributed by atoms with Crippen molar-refractivity contribution in [3.05, 3.63) is 18.3 Å². The lowest BCUT2D eigenvalue weighted by Gasteiger charge is -2.22. The molecule has 1 aromatic heterocycles. The summed E-state index contributed by atoms with van der Waals surface area (Å²) in [5, 5.41) is 0. The van der Waals surface area contributed by atoms with Gasteiger partial charge in [0.2, 0.25) is 5.91 Å². The van der Waals surface area contributed by atoms with Crippen LogP contribution in [0.25, 0.3) is 0 Å². The maximum absolute atomic E-state index is 12.1. The van der Waals surface area contributed by atoms with E-state index in [1.807, 2.05) is 0 Å². The van der Waals surface area contributed by atoms with Gasteiger partial charge in [-0.15, -0.1) is 0 Å². The van der Waals surface area contributed by atoms with Gasteiger partial charge >= 0.3 is 0 Å². The molecule has 1 heterocycles. The largest absolute Gasteiger partial charge is 0.397 e. The van der Waals surface area contributed by atoms with Gasteiger partial charge in [-0.05, 0) is 24.5 Å². The van der Waals surface area contributed by atoms with E-state index in [9.17, 15) is 4.79 Å². The number of nitrogens with two attached hydrogens (primary N) is 1. The van der Waals surface area contributed by atoms with E-state index in [-0.39, 0.29) is 5.91 Å². The summed E-state index contributed by atoms with van der Waals surface area (Å²) in [6, 6.07) is 3.56. The molecule has 0 radical (unpaired) electrons. The van der Waals surface area contributed by atoms with Gasteiger partial charge in [-0.2, -0.15) is 0 Å². The topological polar surface area (TPSA) is 59.2 Å². The molecule has 0 unspecified atom stereocenters. The zero-order chi connectivity index (χ0) is 13.7. The van der Waals surface area contributed by atoms with E-state index in [2.05, 4.69) is 4.98 Å². The van der Waals surface area contributed by atoms with Crippen molar-refractivity contribution in [1.29, 1.82) is 0 Å². The molecular weight excluding hydrogens is 238 g/mol. The van der Waals surface area contributed by atoms with Gasteiger partial charge in [0, 0.05) is 13.5 Å². The van der Waals surface area contributed by atoms with Crippen LogP contribution in [0.4, 0.5) is 11.5 Å². The van der Waals surface area contributed by atoms with Gasteiger partial charge in [0.15, 0.2) is 0 Å². The van der Waals surface area contributed by atoms with E-state index in [0.717, 1.165) is 12.3 Å². The van der Waals surface area contributed by atoms with Crippen LogP contribution in [0.1, 0.15) is 44.9 Å². The lowest BCUT2D eigenvalue weighted by Crippen LogP contribution is -2.27. The van der Waals surface area contributed by atoms with Gasteiger partial charge in [0.1, 0.15) is 5.82 Å². The Morgan fingerprint density at radius 1 is 1.37 bits per heavy atom. The average molecular weight is 261 g/mol. The Morgan fingerprint density at radius 2 is 2.11 bits per heavy atom. The summed E-state index contributed by atoms with van der Waals surface area (Å²) < 4.78 is 0. The molecule has 2 N–H and O–H groups in total. The molecule has 0 spiro atoms. The van der Waals surface area contributed by atoms with Crippen LogP contribution in [-0.2, 0) is 4.79 Å². The zero-order valence-corrected chi connectivity index (χ0v) is 11.6. The number of anilines is 2. The molecule has 4 nitrogen and oxygen atoms in total. The molecule has 0 atom stereocenters. The lowest BCUT2D eigenvalue weighted by molar-refractivity contribution is -0.118. The summed E-state index contributed by atoms with van der Waals surface area (Å²) >= 11 is 0. The van der Waals surface area contributed by atoms with Crippen molar-refractivity contribution in [3.63, 3.8) is 0 Å². The minimum atomic E-state index is 0.142. The Bertz CT molecular complexity index is 410. The van der Waals surface area contributed by atoms with E-state index in [1.54, 1.807) is 30.3 Å². The summed E-state index contributed by atoms with van der Waals surface area (Å²) in [6.07, 6.45) is 9.81. The van der Waals surface area contributed by atoms with Crippen molar-refractivity contribution in [2.24, 2.45) is 5.92 Å². The van der Waals surface area contributed by atoms with Gasteiger partial charge in [-0.25, -0.2) is 4.98 Å². The first-order valence-corrected chi connectivity index (χ1v) is 7.15. The molecule has 19 heavy (non-hydrogen) atoms. The fourth-order valence-corrected chi connectivity index (χ4v) is 2.69. The fraction of sp³-hybridized carbons (Fsp3) is 0.600. The fourth-order valence-electron chi connectivity index (χ4n) is 2.69. The smallest absolute Gasteiger partial charge is 0.227 e. The number of carbonyl (C=O) groups excluding carboxylic acids is 1. The molecule has 1 aliphatic carbocycles. The molecule has 0 bridgehead atoms. The third-order valence-electron chi connectivity index (χ3n) is 3.98. The summed E-state index contributed by atoms with van der Waals surface area (Å²) in [6.45, 7) is 0. The van der Waals surface area contributed by atoms with Crippen LogP contribution in [-0.4, -0.2) is 17.9 Å². The predicted molar refractivity (Wildman–Crippen MR) is 77.9 cm³/mol. The van der Waals surface area contributed by atoms with Crippen LogP contribution >= 0.6 is 0 Å². The minimum Gasteiger partial charge on any atom is -0.397 e. The molecule has 2 rings (SSSR count). The molecule has 1 amide bonds. The number of amides is 1. The minimum absolute atomic E-state index is 0.142. The first kappa shape index (κ1) is 13.8. The monoisotopic (exact) mass is 261 g/mol. The average Bonchev–Trinajstić information content (AvgIpc) is 2.46. The van der Waals surface area contributed by atoms with Crippen molar-refractivity contribution >= 4 is 17.4 Å². The summed E-state index contributed by atoms with van der Waals surface area (Å²) in [7, 11) is 1.78. The predicted octanol–water partition coefficient (Wildman–Crippen LogP) is 2.99. The molecule has 0 aliphatic heterocycles. The maximum Gasteiger partial charge on any atom is 0.227 e. The van der Waals surface area contributed by atoms with E-state index in [1.165, 1.54) is 32.1 Å². The highest BCUT2D eigenvalue weighted by Gasteiger charge is 2.17. The van der Waals surface area contributed by atoms with E-state index in [4.69, 9.17) is 5.73 Å². The van der Waals surface area contributed by atoms with Crippen LogP contribution < -0.4 is 10.6 Å². The quantitative estimate of drug-likeness (QED) is 0.906. The number of rotatable bonds is 4. The highest BCUT2D eigenvalue weighted by atomic mass is 16.2. The van der Waals surface area contributed by atoms with Crippen molar-refractivity contribution in [2.45, 2.75) is 44.9 Å². The van der Waals surface area contributed by atoms with Crippen molar-refractivity contribution in [2.75, 3.05) is 17.7 Å². The molecule has 0 saturated heterocycles. The molecule has 1 saturated carbocycles. The Kier molecular flexibility index (Phi) is 4.77. The number of aromatic nitrogens is 1. The van der Waals surface area contributed by atoms with Crippen LogP contribution in [0.15, 0.2) is 18.3 Å². The van der Waals surface area contributed by atoms with Gasteiger partial charge in [-0.3, -0.25) is 9.69 Å². The molecule has 1 fully saturated rings. The Balaban J connectivity index is 1.83. The summed E-state index contributed by atoms with van der Waals surface area (Å²) in [5.41, 5.74) is 6.21. The van der Waals surface area contributed by atoms with Gasteiger partial charge in [-0.1, -0.05) is 32.1 Å². The van der Waals surface area contributed by atoms with Crippen molar-refractivity contribution < 1.29 is 4.79 Å². The third-order valence-corrected chi connectivity index (χ3v) is 3.98. The third kappa shape index (κ3) is 3.94. The molecule has 1 aromatic rings. The number of hydrogen-bond acceptors (Lipinski definition) is 3. The maximum atomic E-state index is 12.1. The standard InChI is InChI=1S/C15H23N3O/c1-18(14-9-8-13(16)11-17-14)15(19)10-7-12-5-3-2-4-6-12/h8-9,11-12H,2-7,10,16H2,1H3. The first-order chi connectivity index (χ1) is 9.16. The second kappa shape index (κ2) is 6.55. The van der Waals surface area contributed by atoms with Gasteiger partial charge in [0.25, 0.3) is 0 Å². The van der Waals surface area contributed by atoms with Crippen molar-refractivity contribution in [1.82, 2.24) is 4.98 Å². The number of pyridine rings is 1. The normalized spacial score (nSPS) is 16.3. The first-order valence-electron chi connectivity index (χ1n) is 7.15. The molecule has 0 aromatic carbocycles. The number of nitrogens with zero attached hydrogens (tertiary/aromatic N) is 2. The van der Waals surface area contributed by atoms with Gasteiger partial charge < -0.3 is 5.73 Å². The summed E-state index contributed by atoms with van der Waals surface area (Å²) in [5.74, 6) is 1.55. The van der Waals surface area contributed by atoms with Crippen LogP contribution in [0.2, 0.25) is 0 Å². The van der Waals surface area contributed by atoms with Crippen LogP contribution in [0.3, 0.4) is 0 Å². The SMILES string of the molecule is CN(C(=O)CCC1CCCCC1)c1ccc(N)cn1. The van der Waals surface area contributed by atoms with Crippen molar-refractivity contribution in [3.8, 4) is 0 Å². The molecule has 104 valence electrons. The van der Waals surface area contributed by atoms with E-state index < -0.39 is 0 Å². The van der Waals surface area contributed by atoms with Crippen LogP contribution in [0.5, 0.6) is 0 Å². The molecular formula is C15H23N3O.